The van der Waals surface area contributed by atoms with E-state index in [9.17, 15) is 0 Å². The minimum absolute atomic E-state index is 0.427. The van der Waals surface area contributed by atoms with Gasteiger partial charge in [0.1, 0.15) is 0 Å². The van der Waals surface area contributed by atoms with Crippen molar-refractivity contribution >= 4 is 21.5 Å². The minimum atomic E-state index is 0.427. The molecule has 9 aromatic carbocycles. The first-order valence-corrected chi connectivity index (χ1v) is 22.9. The maximum atomic E-state index is 2.48. The van der Waals surface area contributed by atoms with Crippen LogP contribution in [0.3, 0.4) is 0 Å². The average Bonchev–Trinajstić information content (AvgIpc) is 3.80. The molecule has 0 aromatic heterocycles. The fourth-order valence-electron chi connectivity index (χ4n) is 10.8. The van der Waals surface area contributed by atoms with Crippen LogP contribution in [0.1, 0.15) is 101 Å². The van der Waals surface area contributed by atoms with E-state index in [0.29, 0.717) is 23.7 Å². The van der Waals surface area contributed by atoms with Gasteiger partial charge in [0.25, 0.3) is 0 Å². The summed E-state index contributed by atoms with van der Waals surface area (Å²) in [6, 6.07) is 61.1. The molecule has 2 aliphatic carbocycles. The van der Waals surface area contributed by atoms with Gasteiger partial charge in [0.05, 0.1) is 0 Å². The molecule has 0 N–H and O–H groups in total. The zero-order valence-corrected chi connectivity index (χ0v) is 37.3. The van der Waals surface area contributed by atoms with E-state index in [2.05, 4.69) is 213 Å². The van der Waals surface area contributed by atoms with Gasteiger partial charge >= 0.3 is 0 Å². The van der Waals surface area contributed by atoms with Gasteiger partial charge in [-0.15, -0.1) is 0 Å². The lowest BCUT2D eigenvalue weighted by Gasteiger charge is -2.22. The van der Waals surface area contributed by atoms with Gasteiger partial charge < -0.3 is 0 Å². The number of hydrogen-bond donors (Lipinski definition) is 0. The standard InChI is InChI=1S/C62H54/c1-35(2)39-15-11-19-43(31-39)47-25-26-48(44-20-12-16-40(32-44)36(3)4)58-52-28-30-54-60-53(29-27-51(57(47)58)59(52)60)61-55(45-21-13-17-41(33-45)37(5)6)49-23-9-10-24-50(49)56(62(54)61)46-22-14-18-42(34-46)38(7)8/h9-38H,1-8H3. The Morgan fingerprint density at radius 3 is 0.871 bits per heavy atom. The Kier molecular flexibility index (Phi) is 9.02. The Balaban J connectivity index is 1.27. The maximum Gasteiger partial charge on any atom is -0.000740 e. The first-order chi connectivity index (χ1) is 30.1. The second-order valence-corrected chi connectivity index (χ2v) is 19.1. The van der Waals surface area contributed by atoms with E-state index in [1.807, 2.05) is 0 Å². The molecule has 9 aromatic rings. The molecule has 0 heteroatoms. The Hall–Kier alpha value is -6.50. The summed E-state index contributed by atoms with van der Waals surface area (Å²) in [6.45, 7) is 18.4. The molecule has 0 fully saturated rings. The monoisotopic (exact) mass is 798 g/mol. The van der Waals surface area contributed by atoms with Gasteiger partial charge in [-0.1, -0.05) is 213 Å². The first-order valence-electron chi connectivity index (χ1n) is 22.9. The summed E-state index contributed by atoms with van der Waals surface area (Å²) in [7, 11) is 0. The summed E-state index contributed by atoms with van der Waals surface area (Å²) in [5.74, 6) is 1.74. The van der Waals surface area contributed by atoms with Crippen LogP contribution < -0.4 is 0 Å². The molecule has 0 spiro atoms. The lowest BCUT2D eigenvalue weighted by Crippen LogP contribution is -1.96. The third kappa shape index (κ3) is 5.80. The molecule has 0 unspecified atom stereocenters. The van der Waals surface area contributed by atoms with E-state index < -0.39 is 0 Å². The normalized spacial score (nSPS) is 12.5. The van der Waals surface area contributed by atoms with Crippen molar-refractivity contribution in [3.05, 3.63) is 180 Å². The van der Waals surface area contributed by atoms with Gasteiger partial charge in [0.2, 0.25) is 0 Å². The van der Waals surface area contributed by atoms with Crippen LogP contribution in [0.2, 0.25) is 0 Å². The first kappa shape index (κ1) is 38.4. The van der Waals surface area contributed by atoms with Crippen molar-refractivity contribution in [1.82, 2.24) is 0 Å². The summed E-state index contributed by atoms with van der Waals surface area (Å²) >= 11 is 0. The van der Waals surface area contributed by atoms with Crippen LogP contribution >= 0.6 is 0 Å². The topological polar surface area (TPSA) is 0 Å². The van der Waals surface area contributed by atoms with Gasteiger partial charge in [-0.05, 0) is 156 Å². The average molecular weight is 799 g/mol. The van der Waals surface area contributed by atoms with E-state index in [1.54, 1.807) is 0 Å². The smallest absolute Gasteiger partial charge is 0.000740 e. The fourth-order valence-corrected chi connectivity index (χ4v) is 10.8. The summed E-state index contributed by atoms with van der Waals surface area (Å²) in [5, 5.41) is 5.38. The lowest BCUT2D eigenvalue weighted by molar-refractivity contribution is 0.867. The molecule has 302 valence electrons. The van der Waals surface area contributed by atoms with Gasteiger partial charge in [-0.2, -0.15) is 0 Å². The largest absolute Gasteiger partial charge is 0.0616 e. The molecule has 0 aliphatic heterocycles. The van der Waals surface area contributed by atoms with Crippen LogP contribution in [0.15, 0.2) is 158 Å². The summed E-state index contributed by atoms with van der Waals surface area (Å²) in [6.07, 6.45) is 0. The van der Waals surface area contributed by atoms with Gasteiger partial charge in [0, 0.05) is 0 Å². The molecule has 11 rings (SSSR count). The van der Waals surface area contributed by atoms with Crippen molar-refractivity contribution in [2.45, 2.75) is 79.1 Å². The molecular weight excluding hydrogens is 745 g/mol. The number of hydrogen-bond acceptors (Lipinski definition) is 0. The van der Waals surface area contributed by atoms with E-state index in [4.69, 9.17) is 0 Å². The molecule has 0 bridgehead atoms. The minimum Gasteiger partial charge on any atom is -0.0616 e. The summed E-state index contributed by atoms with van der Waals surface area (Å²) in [4.78, 5) is 0. The number of fused-ring (bicyclic) bond motifs is 7. The highest BCUT2D eigenvalue weighted by molar-refractivity contribution is 6.33. The highest BCUT2D eigenvalue weighted by Crippen LogP contribution is 2.63. The molecule has 0 saturated carbocycles. The Labute approximate surface area is 368 Å². The summed E-state index contributed by atoms with van der Waals surface area (Å²) in [5.41, 5.74) is 26.7. The van der Waals surface area contributed by atoms with Gasteiger partial charge in [0.15, 0.2) is 0 Å². The Morgan fingerprint density at radius 2 is 0.532 bits per heavy atom. The van der Waals surface area contributed by atoms with E-state index in [-0.39, 0.29) is 0 Å². The van der Waals surface area contributed by atoms with Crippen LogP contribution in [0.5, 0.6) is 0 Å². The van der Waals surface area contributed by atoms with Gasteiger partial charge in [-0.3, -0.25) is 0 Å². The van der Waals surface area contributed by atoms with Crippen molar-refractivity contribution in [1.29, 1.82) is 0 Å². The molecule has 0 saturated heterocycles. The predicted octanol–water partition coefficient (Wildman–Crippen LogP) is 18.4. The maximum absolute atomic E-state index is 2.48. The molecular formula is C62H54. The van der Waals surface area contributed by atoms with Crippen molar-refractivity contribution in [2.75, 3.05) is 0 Å². The SMILES string of the molecule is CC(C)c1cccc(-c2ccc(-c3cccc(C(C)C)c3)c3c2-c2ccc4c5c(ccc-3c25)-c2c-4c(-c3cccc(C(C)C)c3)c3ccccc3c2-c2cccc(C(C)C)c2)c1. The van der Waals surface area contributed by atoms with E-state index in [0.717, 1.165) is 0 Å². The van der Waals surface area contributed by atoms with Crippen molar-refractivity contribution in [2.24, 2.45) is 0 Å². The van der Waals surface area contributed by atoms with Crippen LogP contribution in [0.4, 0.5) is 0 Å². The fraction of sp³-hybridized carbons (Fsp3) is 0.194. The van der Waals surface area contributed by atoms with Crippen molar-refractivity contribution in [3.8, 4) is 89.0 Å². The zero-order valence-electron chi connectivity index (χ0n) is 37.3. The predicted molar refractivity (Wildman–Crippen MR) is 268 cm³/mol. The highest BCUT2D eigenvalue weighted by Gasteiger charge is 2.36. The lowest BCUT2D eigenvalue weighted by atomic mass is 9.81. The second kappa shape index (κ2) is 14.6. The zero-order chi connectivity index (χ0) is 42.6. The third-order valence-corrected chi connectivity index (χ3v) is 14.1. The van der Waals surface area contributed by atoms with Gasteiger partial charge in [-0.25, -0.2) is 0 Å². The third-order valence-electron chi connectivity index (χ3n) is 14.1. The van der Waals surface area contributed by atoms with Crippen LogP contribution in [0.25, 0.3) is 111 Å². The molecule has 0 heterocycles. The van der Waals surface area contributed by atoms with Crippen molar-refractivity contribution in [3.63, 3.8) is 0 Å². The number of rotatable bonds is 8. The Bertz CT molecular complexity index is 3080. The second-order valence-electron chi connectivity index (χ2n) is 19.1. The quantitative estimate of drug-likeness (QED) is 0.144. The van der Waals surface area contributed by atoms with E-state index in [1.165, 1.54) is 133 Å². The van der Waals surface area contributed by atoms with E-state index >= 15 is 0 Å². The van der Waals surface area contributed by atoms with Crippen molar-refractivity contribution < 1.29 is 0 Å². The molecule has 0 nitrogen and oxygen atoms in total. The molecule has 0 amide bonds. The number of benzene rings is 9. The highest BCUT2D eigenvalue weighted by atomic mass is 14.4. The van der Waals surface area contributed by atoms with Crippen LogP contribution in [-0.2, 0) is 0 Å². The molecule has 0 radical (unpaired) electrons. The van der Waals surface area contributed by atoms with Crippen LogP contribution in [-0.4, -0.2) is 0 Å². The Morgan fingerprint density at radius 1 is 0.242 bits per heavy atom. The molecule has 0 atom stereocenters. The molecule has 62 heavy (non-hydrogen) atoms. The van der Waals surface area contributed by atoms with Crippen LogP contribution in [0, 0.1) is 0 Å². The summed E-state index contributed by atoms with van der Waals surface area (Å²) < 4.78 is 0. The molecule has 2 aliphatic rings.